The predicted octanol–water partition coefficient (Wildman–Crippen LogP) is 2.41. The van der Waals surface area contributed by atoms with Gasteiger partial charge in [0.15, 0.2) is 14.6 Å². The van der Waals surface area contributed by atoms with E-state index in [0.717, 1.165) is 10.5 Å². The van der Waals surface area contributed by atoms with Crippen LogP contribution >= 0.6 is 11.8 Å². The van der Waals surface area contributed by atoms with E-state index in [0.29, 0.717) is 17.9 Å². The van der Waals surface area contributed by atoms with Crippen LogP contribution < -0.4 is 16.8 Å². The van der Waals surface area contributed by atoms with E-state index in [1.807, 2.05) is 12.1 Å². The van der Waals surface area contributed by atoms with Crippen molar-refractivity contribution in [1.29, 1.82) is 0 Å². The van der Waals surface area contributed by atoms with E-state index in [-0.39, 0.29) is 11.6 Å². The number of nitrogens with two attached hydrogens (primary N) is 2. The first-order chi connectivity index (χ1) is 14.1. The molecule has 2 unspecified atom stereocenters. The second-order valence-corrected chi connectivity index (χ2v) is 11.7. The van der Waals surface area contributed by atoms with Gasteiger partial charge in [-0.1, -0.05) is 24.3 Å². The number of rotatable bonds is 3. The lowest BCUT2D eigenvalue weighted by Gasteiger charge is -2.43. The molecule has 9 heteroatoms. The lowest BCUT2D eigenvalue weighted by atomic mass is 9.94. The number of anilines is 1. The maximum Gasteiger partial charge on any atom is 0.171 e. The molecule has 3 heterocycles. The molecule has 1 aromatic carbocycles. The molecule has 160 valence electrons. The monoisotopic (exact) mass is 448 g/mol. The fourth-order valence-electron chi connectivity index (χ4n) is 4.14. The molecule has 0 aromatic heterocycles. The van der Waals surface area contributed by atoms with Crippen LogP contribution in [0.4, 0.5) is 10.1 Å². The van der Waals surface area contributed by atoms with E-state index in [4.69, 9.17) is 11.5 Å². The number of hydrogen-bond acceptors (Lipinski definition) is 7. The van der Waals surface area contributed by atoms with Crippen molar-refractivity contribution in [2.24, 2.45) is 10.7 Å². The van der Waals surface area contributed by atoms with Crippen molar-refractivity contribution in [3.63, 3.8) is 0 Å². The number of allylic oxidation sites excluding steroid dienone is 3. The van der Waals surface area contributed by atoms with Gasteiger partial charge in [-0.2, -0.15) is 0 Å². The SMILES string of the molecule is C[C@]1(C2=CC=CCN2)C(N)=N[C@](C)(C2SC(c3cccc(N)c3)=CC2F)CS1(=O)=O. The zero-order chi connectivity index (χ0) is 21.7. The van der Waals surface area contributed by atoms with Crippen molar-refractivity contribution >= 4 is 38.0 Å². The standard InChI is InChI=1S/C21H25FN4O2S2/c1-20(18-15(22)11-16(29-18)13-6-5-7-14(23)10-13)12-30(27,28)21(2,19(24)26-20)17-8-3-4-9-25-17/h3-8,10-11,15,18,25H,9,12,23H2,1-2H3,(H2,24,26)/t15?,18?,20-,21-/m0/s1. The van der Waals surface area contributed by atoms with Gasteiger partial charge in [-0.3, -0.25) is 4.99 Å². The summed E-state index contributed by atoms with van der Waals surface area (Å²) in [5.74, 6) is -0.314. The molecule has 5 N–H and O–H groups in total. The van der Waals surface area contributed by atoms with Crippen LogP contribution in [-0.4, -0.2) is 48.3 Å². The largest absolute Gasteiger partial charge is 0.399 e. The molecular formula is C21H25FN4O2S2. The molecule has 0 spiro atoms. The average molecular weight is 449 g/mol. The summed E-state index contributed by atoms with van der Waals surface area (Å²) in [5.41, 5.74) is 12.8. The molecule has 0 amide bonds. The summed E-state index contributed by atoms with van der Waals surface area (Å²) in [5, 5.41) is 2.38. The van der Waals surface area contributed by atoms with Crippen molar-refractivity contribution in [3.8, 4) is 0 Å². The minimum Gasteiger partial charge on any atom is -0.399 e. The van der Waals surface area contributed by atoms with Crippen molar-refractivity contribution in [2.45, 2.75) is 35.6 Å². The molecule has 6 nitrogen and oxygen atoms in total. The number of amidine groups is 1. The Morgan fingerprint density at radius 3 is 2.70 bits per heavy atom. The number of halogens is 1. The van der Waals surface area contributed by atoms with Gasteiger partial charge in [0.05, 0.1) is 16.5 Å². The van der Waals surface area contributed by atoms with E-state index in [1.165, 1.54) is 17.8 Å². The normalized spacial score (nSPS) is 35.2. The molecule has 30 heavy (non-hydrogen) atoms. The van der Waals surface area contributed by atoms with E-state index in [1.54, 1.807) is 44.2 Å². The second kappa shape index (κ2) is 7.16. The highest BCUT2D eigenvalue weighted by Gasteiger charge is 2.57. The first kappa shape index (κ1) is 21.0. The van der Waals surface area contributed by atoms with E-state index in [9.17, 15) is 8.42 Å². The van der Waals surface area contributed by atoms with Crippen LogP contribution in [0, 0.1) is 0 Å². The molecule has 0 bridgehead atoms. The lowest BCUT2D eigenvalue weighted by Crippen LogP contribution is -2.63. The van der Waals surface area contributed by atoms with Gasteiger partial charge < -0.3 is 16.8 Å². The van der Waals surface area contributed by atoms with Crippen LogP contribution in [-0.2, 0) is 9.84 Å². The van der Waals surface area contributed by atoms with Gasteiger partial charge in [0.2, 0.25) is 0 Å². The fraction of sp³-hybridized carbons (Fsp3) is 0.381. The number of aliphatic imine (C=N–C) groups is 1. The van der Waals surface area contributed by atoms with Gasteiger partial charge >= 0.3 is 0 Å². The topological polar surface area (TPSA) is 111 Å². The number of nitrogens with one attached hydrogen (secondary N) is 1. The zero-order valence-corrected chi connectivity index (χ0v) is 18.4. The predicted molar refractivity (Wildman–Crippen MR) is 123 cm³/mol. The quantitative estimate of drug-likeness (QED) is 0.613. The van der Waals surface area contributed by atoms with Crippen LogP contribution in [0.1, 0.15) is 19.4 Å². The van der Waals surface area contributed by atoms with Gasteiger partial charge in [-0.25, -0.2) is 12.8 Å². The Morgan fingerprint density at radius 1 is 1.30 bits per heavy atom. The Hall–Kier alpha value is -2.26. The highest BCUT2D eigenvalue weighted by molar-refractivity contribution is 8.09. The molecule has 0 saturated carbocycles. The van der Waals surface area contributed by atoms with Crippen LogP contribution in [0.25, 0.3) is 4.91 Å². The molecule has 3 aliphatic rings. The third-order valence-corrected chi connectivity index (χ3v) is 10.2. The van der Waals surface area contributed by atoms with Gasteiger partial charge in [-0.05, 0) is 43.7 Å². The minimum atomic E-state index is -3.77. The van der Waals surface area contributed by atoms with Gasteiger partial charge in [0.1, 0.15) is 12.0 Å². The number of nitrogen functional groups attached to an aromatic ring is 1. The summed E-state index contributed by atoms with van der Waals surface area (Å²) in [6, 6.07) is 7.20. The highest BCUT2D eigenvalue weighted by Crippen LogP contribution is 2.49. The first-order valence-electron chi connectivity index (χ1n) is 9.64. The maximum absolute atomic E-state index is 15.1. The Labute approximate surface area is 180 Å². The van der Waals surface area contributed by atoms with Crippen LogP contribution in [0.5, 0.6) is 0 Å². The second-order valence-electron chi connectivity index (χ2n) is 8.18. The Bertz CT molecular complexity index is 1110. The van der Waals surface area contributed by atoms with Crippen molar-refractivity contribution in [2.75, 3.05) is 18.0 Å². The average Bonchev–Trinajstić information content (AvgIpc) is 3.09. The van der Waals surface area contributed by atoms with Crippen molar-refractivity contribution in [1.82, 2.24) is 5.32 Å². The van der Waals surface area contributed by atoms with Crippen molar-refractivity contribution in [3.05, 3.63) is 59.8 Å². The Balaban J connectivity index is 1.69. The van der Waals surface area contributed by atoms with E-state index >= 15 is 4.39 Å². The number of hydrogen-bond donors (Lipinski definition) is 3. The van der Waals surface area contributed by atoms with Gasteiger partial charge in [0, 0.05) is 22.8 Å². The summed E-state index contributed by atoms with van der Waals surface area (Å²) in [6.07, 6.45) is 5.53. The number of thioether (sulfide) groups is 1. The molecule has 4 rings (SSSR count). The third kappa shape index (κ3) is 3.24. The zero-order valence-electron chi connectivity index (χ0n) is 16.8. The van der Waals surface area contributed by atoms with Crippen LogP contribution in [0.3, 0.4) is 0 Å². The lowest BCUT2D eigenvalue weighted by molar-refractivity contribution is 0.326. The summed E-state index contributed by atoms with van der Waals surface area (Å²) >= 11 is 1.29. The smallest absolute Gasteiger partial charge is 0.171 e. The molecule has 0 aliphatic carbocycles. The highest BCUT2D eigenvalue weighted by atomic mass is 32.2. The summed E-state index contributed by atoms with van der Waals surface area (Å²) in [4.78, 5) is 5.33. The van der Waals surface area contributed by atoms with E-state index < -0.39 is 31.5 Å². The van der Waals surface area contributed by atoms with Crippen LogP contribution in [0.2, 0.25) is 0 Å². The van der Waals surface area contributed by atoms with E-state index in [2.05, 4.69) is 10.3 Å². The number of sulfone groups is 1. The van der Waals surface area contributed by atoms with Crippen molar-refractivity contribution < 1.29 is 12.8 Å². The summed E-state index contributed by atoms with van der Waals surface area (Å²) < 4.78 is 40.6. The fourth-order valence-corrected chi connectivity index (χ4v) is 7.73. The molecule has 1 aromatic rings. The molecule has 0 fully saturated rings. The van der Waals surface area contributed by atoms with Gasteiger partial charge in [-0.15, -0.1) is 11.8 Å². The molecule has 4 atom stereocenters. The van der Waals surface area contributed by atoms with Crippen LogP contribution in [0.15, 0.2) is 59.3 Å². The number of alkyl halides is 1. The number of benzene rings is 1. The third-order valence-electron chi connectivity index (χ3n) is 5.93. The molecular weight excluding hydrogens is 423 g/mol. The summed E-state index contributed by atoms with van der Waals surface area (Å²) in [6.45, 7) is 3.74. The molecule has 3 aliphatic heterocycles. The molecule has 0 radical (unpaired) electrons. The number of dihydropyridines is 1. The number of nitrogens with zero attached hydrogens (tertiary/aromatic N) is 1. The molecule has 0 saturated heterocycles. The Morgan fingerprint density at radius 2 is 2.07 bits per heavy atom. The minimum absolute atomic E-state index is 0.0181. The first-order valence-corrected chi connectivity index (χ1v) is 12.2. The van der Waals surface area contributed by atoms with Gasteiger partial charge in [0.25, 0.3) is 0 Å². The maximum atomic E-state index is 15.1. The Kier molecular flexibility index (Phi) is 5.01. The summed E-state index contributed by atoms with van der Waals surface area (Å²) in [7, 11) is -3.77.